The molecule has 0 radical (unpaired) electrons. The van der Waals surface area contributed by atoms with Crippen molar-refractivity contribution in [3.8, 4) is 35.4 Å². The first-order chi connectivity index (χ1) is 36.5. The predicted octanol–water partition coefficient (Wildman–Crippen LogP) is 6.30. The zero-order chi connectivity index (χ0) is 51.5. The van der Waals surface area contributed by atoms with Crippen LogP contribution in [0.4, 0.5) is 14.6 Å². The minimum absolute atomic E-state index is 0.0151. The number of amides is 2. The summed E-state index contributed by atoms with van der Waals surface area (Å²) in [6.07, 6.45) is 15.9. The number of anilines is 1. The number of piperazine rings is 1. The summed E-state index contributed by atoms with van der Waals surface area (Å²) in [6, 6.07) is 13.3. The lowest BCUT2D eigenvalue weighted by Crippen LogP contribution is -2.51. The van der Waals surface area contributed by atoms with Crippen LogP contribution in [0.3, 0.4) is 0 Å². The van der Waals surface area contributed by atoms with Crippen LogP contribution in [0.2, 0.25) is 0 Å². The van der Waals surface area contributed by atoms with Crippen LogP contribution in [0.1, 0.15) is 99.3 Å². The zero-order valence-electron chi connectivity index (χ0n) is 42.5. The lowest BCUT2D eigenvalue weighted by molar-refractivity contribution is -0.138. The van der Waals surface area contributed by atoms with Crippen molar-refractivity contribution in [2.45, 2.75) is 107 Å². The largest absolute Gasteiger partial charge is 0.508 e. The number of hydrogen-bond acceptors (Lipinski definition) is 13. The van der Waals surface area contributed by atoms with Crippen LogP contribution >= 0.6 is 0 Å². The molecular formula is C57H65F2N11O5. The first-order valence-electron chi connectivity index (χ1n) is 27.1. The fraction of sp³-hybridized carbons (Fsp3) is 0.509. The van der Waals surface area contributed by atoms with Gasteiger partial charge in [0.2, 0.25) is 11.8 Å². The number of phenols is 1. The monoisotopic (exact) mass is 1020 g/mol. The van der Waals surface area contributed by atoms with Crippen molar-refractivity contribution in [2.24, 2.45) is 13.0 Å². The number of fused-ring (bicyclic) bond motifs is 5. The molecule has 0 saturated carbocycles. The van der Waals surface area contributed by atoms with Crippen molar-refractivity contribution < 1.29 is 33.3 Å². The zero-order valence-corrected chi connectivity index (χ0v) is 42.5. The maximum absolute atomic E-state index is 17.0. The van der Waals surface area contributed by atoms with Gasteiger partial charge in [0.05, 0.1) is 28.8 Å². The van der Waals surface area contributed by atoms with Gasteiger partial charge in [0.25, 0.3) is 0 Å². The fourth-order valence-corrected chi connectivity index (χ4v) is 13.3. The molecule has 6 aliphatic heterocycles. The average molecular weight is 1020 g/mol. The fourth-order valence-electron chi connectivity index (χ4n) is 13.3. The summed E-state index contributed by atoms with van der Waals surface area (Å²) in [5.41, 5.74) is 3.23. The number of nitrogens with zero attached hydrogens (tertiary/aromatic N) is 9. The summed E-state index contributed by atoms with van der Waals surface area (Å²) in [5.74, 6) is 1.87. The lowest BCUT2D eigenvalue weighted by Gasteiger charge is -2.43. The van der Waals surface area contributed by atoms with Gasteiger partial charge in [-0.1, -0.05) is 24.1 Å². The second kappa shape index (κ2) is 20.5. The van der Waals surface area contributed by atoms with E-state index in [4.69, 9.17) is 21.2 Å². The van der Waals surface area contributed by atoms with Crippen molar-refractivity contribution in [3.05, 3.63) is 77.1 Å². The van der Waals surface area contributed by atoms with E-state index in [1.165, 1.54) is 29.8 Å². The number of hydrogen-bond donors (Lipinski definition) is 4. The highest BCUT2D eigenvalue weighted by Gasteiger charge is 2.37. The molecule has 4 atom stereocenters. The number of halogens is 2. The second-order valence-corrected chi connectivity index (χ2v) is 21.8. The number of likely N-dealkylation sites (tertiary alicyclic amines) is 3. The Bertz CT molecular complexity index is 3200. The summed E-state index contributed by atoms with van der Waals surface area (Å²) >= 11 is 0. The molecule has 18 heteroatoms. The van der Waals surface area contributed by atoms with Gasteiger partial charge in [-0.05, 0) is 132 Å². The first-order valence-corrected chi connectivity index (χ1v) is 27.1. The van der Waals surface area contributed by atoms with E-state index in [1.807, 2.05) is 11.7 Å². The van der Waals surface area contributed by atoms with Crippen LogP contribution in [0.5, 0.6) is 11.8 Å². The van der Waals surface area contributed by atoms with Crippen LogP contribution < -0.4 is 20.3 Å². The number of pyridine rings is 1. The van der Waals surface area contributed by atoms with Gasteiger partial charge >= 0.3 is 6.01 Å². The van der Waals surface area contributed by atoms with Crippen molar-refractivity contribution in [1.29, 1.82) is 0 Å². The topological polar surface area (TPSA) is 177 Å². The van der Waals surface area contributed by atoms with Gasteiger partial charge in [-0.15, -0.1) is 6.42 Å². The number of terminal acetylenes is 1. The molecule has 16 nitrogen and oxygen atoms in total. The molecule has 2 bridgehead atoms. The molecule has 3 aromatic heterocycles. The predicted molar refractivity (Wildman–Crippen MR) is 281 cm³/mol. The second-order valence-electron chi connectivity index (χ2n) is 21.8. The van der Waals surface area contributed by atoms with E-state index in [0.717, 1.165) is 114 Å². The molecule has 392 valence electrons. The standard InChI is InChI=1S/C57H65F2N11O5/c1-3-41-46(58)11-6-36-27-40(71)29-44(49(36)41)52-50(59)53-45(30-60-52)54(70-31-37-7-8-38(32-70)61-37)64-57(63-53)75-26-4-19-67-20-13-34(14-21-67)56(74)69-24-17-39(18-25-69)68-22-15-33(16-23-68)35-5-9-42-47(28-35)66(2)65-51(42)43-10-12-48(72)62-55(43)73/h1,5-6,9,11,27-30,33-34,37-39,43,55,61,71,73H,4,7-8,10,12-26,31-32H2,2H3,(H,62,72). The molecule has 4 unspecified atom stereocenters. The number of nitrogens with one attached hydrogen (secondary N) is 2. The van der Waals surface area contributed by atoms with Crippen LogP contribution in [0.25, 0.3) is 43.8 Å². The van der Waals surface area contributed by atoms with Gasteiger partial charge in [-0.3, -0.25) is 19.3 Å². The molecule has 4 N–H and O–H groups in total. The summed E-state index contributed by atoms with van der Waals surface area (Å²) in [4.78, 5) is 49.0. The van der Waals surface area contributed by atoms with Crippen molar-refractivity contribution in [3.63, 3.8) is 0 Å². The molecule has 75 heavy (non-hydrogen) atoms. The molecule has 3 aromatic carbocycles. The molecule has 6 aliphatic rings. The SMILES string of the molecule is C#Cc1c(F)ccc2cc(O)cc(-c3ncc4c(N5CC6CCC(C5)N6)nc(OCCCN5CCC(C(=O)N6CCC(N7CCC(c8ccc9c(C%10CCC(=O)NC%10O)nn(C)c9c8)CC7)CC6)CC5)nc4c3F)c12. The Labute approximate surface area is 434 Å². The number of carbonyl (C=O) groups is 2. The number of phenolic OH excluding ortho intramolecular Hbond substituents is 1. The third kappa shape index (κ3) is 9.61. The van der Waals surface area contributed by atoms with E-state index in [9.17, 15) is 19.8 Å². The van der Waals surface area contributed by atoms with Gasteiger partial charge in [0.1, 0.15) is 34.8 Å². The smallest absolute Gasteiger partial charge is 0.319 e. The Hall–Kier alpha value is -6.52. The van der Waals surface area contributed by atoms with Crippen molar-refractivity contribution in [1.82, 2.24) is 50.1 Å². The number of rotatable bonds is 11. The molecule has 0 spiro atoms. The number of ether oxygens (including phenoxy) is 1. The Balaban J connectivity index is 0.631. The maximum Gasteiger partial charge on any atom is 0.319 e. The molecule has 2 amide bonds. The van der Waals surface area contributed by atoms with E-state index in [1.54, 1.807) is 6.20 Å². The number of aryl methyl sites for hydroxylation is 1. The van der Waals surface area contributed by atoms with Gasteiger partial charge in [-0.25, -0.2) is 8.78 Å². The minimum Gasteiger partial charge on any atom is -0.508 e. The quantitative estimate of drug-likeness (QED) is 0.0841. The van der Waals surface area contributed by atoms with Crippen LogP contribution in [0.15, 0.2) is 48.7 Å². The van der Waals surface area contributed by atoms with Gasteiger partial charge < -0.3 is 45.2 Å². The summed E-state index contributed by atoms with van der Waals surface area (Å²) in [5, 5.41) is 34.6. The highest BCUT2D eigenvalue weighted by molar-refractivity contribution is 6.03. The van der Waals surface area contributed by atoms with Crippen LogP contribution in [-0.4, -0.2) is 151 Å². The Morgan fingerprint density at radius 3 is 2.43 bits per heavy atom. The first kappa shape index (κ1) is 49.4. The summed E-state index contributed by atoms with van der Waals surface area (Å²) in [7, 11) is 1.95. The van der Waals surface area contributed by atoms with E-state index >= 15 is 8.78 Å². The molecule has 12 rings (SSSR count). The van der Waals surface area contributed by atoms with E-state index in [2.05, 4.69) is 64.3 Å². The highest BCUT2D eigenvalue weighted by atomic mass is 19.1. The number of aliphatic hydroxyl groups is 1. The number of aromatic nitrogens is 5. The normalized spacial score (nSPS) is 23.6. The number of benzene rings is 3. The van der Waals surface area contributed by atoms with E-state index < -0.39 is 17.9 Å². The molecular weight excluding hydrogens is 957 g/mol. The Kier molecular flexibility index (Phi) is 13.5. The number of carbonyl (C=O) groups excluding carboxylic acids is 2. The molecule has 9 heterocycles. The molecule has 6 aromatic rings. The summed E-state index contributed by atoms with van der Waals surface area (Å²) < 4.78 is 40.2. The lowest BCUT2D eigenvalue weighted by atomic mass is 9.86. The highest BCUT2D eigenvalue weighted by Crippen LogP contribution is 2.41. The Morgan fingerprint density at radius 1 is 0.907 bits per heavy atom. The van der Waals surface area contributed by atoms with Crippen molar-refractivity contribution in [2.75, 3.05) is 70.4 Å². The average Bonchev–Trinajstić information content (AvgIpc) is 3.95. The number of aliphatic hydroxyl groups excluding tert-OH is 1. The maximum atomic E-state index is 17.0. The third-order valence-corrected chi connectivity index (χ3v) is 17.3. The Morgan fingerprint density at radius 2 is 1.68 bits per heavy atom. The summed E-state index contributed by atoms with van der Waals surface area (Å²) in [6.45, 7) is 7.81. The van der Waals surface area contributed by atoms with E-state index in [0.29, 0.717) is 73.4 Å². The number of piperidine rings is 4. The van der Waals surface area contributed by atoms with Crippen LogP contribution in [0, 0.1) is 29.9 Å². The third-order valence-electron chi connectivity index (χ3n) is 17.3. The molecule has 0 aliphatic carbocycles. The number of aromatic hydroxyl groups is 1. The van der Waals surface area contributed by atoms with Crippen LogP contribution in [-0.2, 0) is 16.6 Å². The van der Waals surface area contributed by atoms with Gasteiger partial charge in [0, 0.05) is 98.7 Å². The van der Waals surface area contributed by atoms with Gasteiger partial charge in [0.15, 0.2) is 5.82 Å². The van der Waals surface area contributed by atoms with Gasteiger partial charge in [-0.2, -0.15) is 15.1 Å². The van der Waals surface area contributed by atoms with Crippen molar-refractivity contribution >= 4 is 50.2 Å². The molecule has 6 fully saturated rings. The molecule has 6 saturated heterocycles. The minimum atomic E-state index is -0.924. The van der Waals surface area contributed by atoms with E-state index in [-0.39, 0.29) is 69.3 Å².